The molecule has 1 unspecified atom stereocenters. The monoisotopic (exact) mass is 516 g/mol. The zero-order chi connectivity index (χ0) is 25.4. The van der Waals surface area contributed by atoms with E-state index in [1.807, 2.05) is 39.0 Å². The van der Waals surface area contributed by atoms with Crippen molar-refractivity contribution in [2.75, 3.05) is 10.8 Å². The van der Waals surface area contributed by atoms with Crippen molar-refractivity contribution in [3.8, 4) is 5.75 Å². The quantitative estimate of drug-likeness (QED) is 0.476. The average Bonchev–Trinajstić information content (AvgIpc) is 2.80. The van der Waals surface area contributed by atoms with Crippen molar-refractivity contribution in [3.63, 3.8) is 0 Å². The highest BCUT2D eigenvalue weighted by molar-refractivity contribution is 7.92. The summed E-state index contributed by atoms with van der Waals surface area (Å²) in [6.07, 6.45) is 0.503. The van der Waals surface area contributed by atoms with Crippen LogP contribution in [0.25, 0.3) is 0 Å². The minimum absolute atomic E-state index is 0.00131. The molecule has 1 aliphatic rings. The summed E-state index contributed by atoms with van der Waals surface area (Å²) in [6, 6.07) is 16.7. The average molecular weight is 517 g/mol. The first kappa shape index (κ1) is 25.0. The van der Waals surface area contributed by atoms with Gasteiger partial charge in [0, 0.05) is 12.0 Å². The van der Waals surface area contributed by atoms with Gasteiger partial charge in [-0.1, -0.05) is 47.5 Å². The maximum Gasteiger partial charge on any atom is 0.264 e. The number of amides is 1. The summed E-state index contributed by atoms with van der Waals surface area (Å²) >= 11 is 5.94. The molecule has 4 rings (SSSR count). The Morgan fingerprint density at radius 1 is 1.14 bits per heavy atom. The normalized spacial score (nSPS) is 16.7. The first-order valence-corrected chi connectivity index (χ1v) is 12.9. The molecule has 9 heteroatoms. The second-order valence-corrected chi connectivity index (χ2v) is 11.4. The lowest BCUT2D eigenvalue weighted by Crippen LogP contribution is -2.45. The number of halogens is 2. The van der Waals surface area contributed by atoms with Gasteiger partial charge in [-0.3, -0.25) is 9.10 Å². The molecule has 1 heterocycles. The van der Waals surface area contributed by atoms with Crippen molar-refractivity contribution in [2.24, 2.45) is 0 Å². The number of hydrogen-bond acceptors (Lipinski definition) is 4. The van der Waals surface area contributed by atoms with Gasteiger partial charge in [0.15, 0.2) is 0 Å². The van der Waals surface area contributed by atoms with E-state index in [9.17, 15) is 17.6 Å². The van der Waals surface area contributed by atoms with Crippen molar-refractivity contribution in [3.05, 3.63) is 88.7 Å². The summed E-state index contributed by atoms with van der Waals surface area (Å²) in [6.45, 7) is 5.30. The Labute approximate surface area is 209 Å². The summed E-state index contributed by atoms with van der Waals surface area (Å²) < 4.78 is 47.8. The molecule has 0 fully saturated rings. The van der Waals surface area contributed by atoms with Gasteiger partial charge in [-0.2, -0.15) is 0 Å². The van der Waals surface area contributed by atoms with Crippen molar-refractivity contribution >= 4 is 33.2 Å². The zero-order valence-electron chi connectivity index (χ0n) is 19.6. The molecule has 0 bridgehead atoms. The van der Waals surface area contributed by atoms with E-state index < -0.39 is 33.9 Å². The van der Waals surface area contributed by atoms with Crippen LogP contribution in [0.3, 0.4) is 0 Å². The predicted octanol–water partition coefficient (Wildman–Crippen LogP) is 5.40. The lowest BCUT2D eigenvalue weighted by atomic mass is 9.89. The third-order valence-corrected chi connectivity index (χ3v) is 7.85. The van der Waals surface area contributed by atoms with Crippen LogP contribution in [-0.2, 0) is 14.8 Å². The van der Waals surface area contributed by atoms with Crippen molar-refractivity contribution < 1.29 is 22.3 Å². The molecule has 1 aliphatic heterocycles. The second kappa shape index (κ2) is 9.51. The number of benzene rings is 3. The Bertz CT molecular complexity index is 1360. The van der Waals surface area contributed by atoms with Gasteiger partial charge in [-0.25, -0.2) is 12.8 Å². The van der Waals surface area contributed by atoms with Crippen LogP contribution in [-0.4, -0.2) is 26.5 Å². The number of anilines is 1. The summed E-state index contributed by atoms with van der Waals surface area (Å²) in [5, 5.41) is 2.73. The zero-order valence-corrected chi connectivity index (χ0v) is 21.2. The molecule has 0 saturated heterocycles. The Kier molecular flexibility index (Phi) is 6.79. The smallest absolute Gasteiger partial charge is 0.264 e. The maximum absolute atomic E-state index is 13.8. The first-order chi connectivity index (χ1) is 16.5. The Hall–Kier alpha value is -3.10. The molecule has 0 aliphatic carbocycles. The van der Waals surface area contributed by atoms with Crippen LogP contribution in [0.1, 0.15) is 37.4 Å². The van der Waals surface area contributed by atoms with Crippen molar-refractivity contribution in [2.45, 2.75) is 43.7 Å². The fourth-order valence-corrected chi connectivity index (χ4v) is 5.76. The lowest BCUT2D eigenvalue weighted by molar-refractivity contribution is -0.120. The van der Waals surface area contributed by atoms with Gasteiger partial charge < -0.3 is 10.1 Å². The Balaban J connectivity index is 1.67. The highest BCUT2D eigenvalue weighted by atomic mass is 35.5. The van der Waals surface area contributed by atoms with Gasteiger partial charge in [-0.15, -0.1) is 0 Å². The largest absolute Gasteiger partial charge is 0.487 e. The van der Waals surface area contributed by atoms with Crippen LogP contribution in [0.5, 0.6) is 5.75 Å². The van der Waals surface area contributed by atoms with Crippen LogP contribution in [0.2, 0.25) is 5.02 Å². The fourth-order valence-electron chi connectivity index (χ4n) is 4.15. The molecule has 0 spiro atoms. The predicted molar refractivity (Wildman–Crippen MR) is 134 cm³/mol. The molecular formula is C26H26ClFN2O4S. The second-order valence-electron chi connectivity index (χ2n) is 9.15. The highest BCUT2D eigenvalue weighted by Crippen LogP contribution is 2.40. The van der Waals surface area contributed by atoms with Gasteiger partial charge in [0.2, 0.25) is 5.91 Å². The van der Waals surface area contributed by atoms with E-state index in [2.05, 4.69) is 5.32 Å². The number of hydrogen-bond donors (Lipinski definition) is 1. The van der Waals surface area contributed by atoms with Gasteiger partial charge in [-0.05, 0) is 57.2 Å². The third-order valence-electron chi connectivity index (χ3n) is 5.77. The van der Waals surface area contributed by atoms with Crippen LogP contribution < -0.4 is 14.4 Å². The lowest BCUT2D eigenvalue weighted by Gasteiger charge is -2.38. The third kappa shape index (κ3) is 5.44. The number of nitrogens with zero attached hydrogens (tertiary/aromatic N) is 1. The Morgan fingerprint density at radius 2 is 1.86 bits per heavy atom. The van der Waals surface area contributed by atoms with Gasteiger partial charge in [0.05, 0.1) is 21.6 Å². The standard InChI is InChI=1S/C26H26ClFN2O4S/c1-17-9-12-24-20(13-17)23(15-26(2,3)34-24)29-25(31)16-30(18-10-11-22(28)21(27)14-18)35(32,33)19-7-5-4-6-8-19/h4-14,23H,15-16H2,1-3H3,(H,29,31). The van der Waals surface area contributed by atoms with Crippen LogP contribution in [0.15, 0.2) is 71.6 Å². The fraction of sp³-hybridized carbons (Fsp3) is 0.269. The van der Waals surface area contributed by atoms with E-state index in [4.69, 9.17) is 16.3 Å². The number of aryl methyl sites for hydroxylation is 1. The molecule has 0 radical (unpaired) electrons. The number of nitrogens with one attached hydrogen (secondary N) is 1. The number of fused-ring (bicyclic) bond motifs is 1. The van der Waals surface area contributed by atoms with E-state index in [1.54, 1.807) is 18.2 Å². The highest BCUT2D eigenvalue weighted by Gasteiger charge is 2.35. The summed E-state index contributed by atoms with van der Waals surface area (Å²) in [5.41, 5.74) is 1.40. The molecule has 0 aromatic heterocycles. The number of ether oxygens (including phenoxy) is 1. The van der Waals surface area contributed by atoms with Crippen molar-refractivity contribution in [1.29, 1.82) is 0 Å². The molecule has 1 N–H and O–H groups in total. The molecular weight excluding hydrogens is 491 g/mol. The topological polar surface area (TPSA) is 75.7 Å². The molecule has 0 saturated carbocycles. The number of sulfonamides is 1. The van der Waals surface area contributed by atoms with E-state index >= 15 is 0 Å². The molecule has 1 atom stereocenters. The number of rotatable bonds is 6. The Morgan fingerprint density at radius 3 is 2.54 bits per heavy atom. The molecule has 35 heavy (non-hydrogen) atoms. The summed E-state index contributed by atoms with van der Waals surface area (Å²) in [5.74, 6) is -0.523. The van der Waals surface area contributed by atoms with E-state index in [-0.39, 0.29) is 21.6 Å². The molecule has 184 valence electrons. The van der Waals surface area contributed by atoms with Crippen molar-refractivity contribution in [1.82, 2.24) is 5.32 Å². The summed E-state index contributed by atoms with van der Waals surface area (Å²) in [4.78, 5) is 13.3. The first-order valence-electron chi connectivity index (χ1n) is 11.1. The van der Waals surface area contributed by atoms with E-state index in [0.29, 0.717) is 12.2 Å². The number of carbonyl (C=O) groups excluding carboxylic acids is 1. The molecule has 3 aromatic rings. The van der Waals surface area contributed by atoms with E-state index in [0.717, 1.165) is 21.5 Å². The summed E-state index contributed by atoms with van der Waals surface area (Å²) in [7, 11) is -4.14. The van der Waals surface area contributed by atoms with Crippen LogP contribution in [0.4, 0.5) is 10.1 Å². The molecule has 3 aromatic carbocycles. The minimum atomic E-state index is -4.14. The SMILES string of the molecule is Cc1ccc2c(c1)C(NC(=O)CN(c1ccc(F)c(Cl)c1)S(=O)(=O)c1ccccc1)CC(C)(C)O2. The molecule has 6 nitrogen and oxygen atoms in total. The minimum Gasteiger partial charge on any atom is -0.487 e. The van der Waals surface area contributed by atoms with Gasteiger partial charge >= 0.3 is 0 Å². The van der Waals surface area contributed by atoms with Gasteiger partial charge in [0.25, 0.3) is 10.0 Å². The molecule has 1 amide bonds. The van der Waals surface area contributed by atoms with Gasteiger partial charge in [0.1, 0.15) is 23.7 Å². The maximum atomic E-state index is 13.8. The van der Waals surface area contributed by atoms with Crippen LogP contribution >= 0.6 is 11.6 Å². The van der Waals surface area contributed by atoms with E-state index in [1.165, 1.54) is 24.3 Å². The number of carbonyl (C=O) groups is 1. The van der Waals surface area contributed by atoms with Crippen LogP contribution in [0, 0.1) is 12.7 Å².